The normalized spacial score (nSPS) is 23.5. The smallest absolute Gasteiger partial charge is 0.247 e. The summed E-state index contributed by atoms with van der Waals surface area (Å²) in [4.78, 5) is 29.6. The number of piperazine rings is 1. The summed E-state index contributed by atoms with van der Waals surface area (Å²) in [6.07, 6.45) is 0.299. The molecule has 22 heavy (non-hydrogen) atoms. The maximum atomic E-state index is 12.2. The molecule has 2 aliphatic rings. The van der Waals surface area contributed by atoms with E-state index in [2.05, 4.69) is 20.0 Å². The van der Waals surface area contributed by atoms with Crippen LogP contribution in [0.4, 0.5) is 5.82 Å². The average molecular weight is 324 g/mol. The minimum atomic E-state index is -0.300. The molecule has 1 aromatic rings. The highest BCUT2D eigenvalue weighted by molar-refractivity contribution is 6.29. The number of likely N-dealkylation sites (N-methyl/N-ethyl adjacent to an activating group) is 1. The van der Waals surface area contributed by atoms with Crippen molar-refractivity contribution in [1.29, 1.82) is 0 Å². The number of carbonyl (C=O) groups is 2. The third-order valence-corrected chi connectivity index (χ3v) is 4.43. The summed E-state index contributed by atoms with van der Waals surface area (Å²) in [6.45, 7) is 5.24. The SMILES string of the molecule is CCN1C(=O)CC(N2CCN(c3ccc(Cl)nn3)CC2)C1=O. The van der Waals surface area contributed by atoms with Crippen LogP contribution in [-0.4, -0.2) is 70.6 Å². The molecular formula is C14H18ClN5O2. The van der Waals surface area contributed by atoms with E-state index in [-0.39, 0.29) is 17.9 Å². The molecule has 1 atom stereocenters. The molecule has 8 heteroatoms. The van der Waals surface area contributed by atoms with Gasteiger partial charge in [0.15, 0.2) is 11.0 Å². The van der Waals surface area contributed by atoms with E-state index in [0.29, 0.717) is 18.1 Å². The van der Waals surface area contributed by atoms with Crippen LogP contribution >= 0.6 is 11.6 Å². The van der Waals surface area contributed by atoms with Crippen molar-refractivity contribution < 1.29 is 9.59 Å². The number of hydrogen-bond donors (Lipinski definition) is 0. The number of hydrogen-bond acceptors (Lipinski definition) is 6. The van der Waals surface area contributed by atoms with Gasteiger partial charge in [-0.2, -0.15) is 0 Å². The largest absolute Gasteiger partial charge is 0.353 e. The van der Waals surface area contributed by atoms with E-state index in [0.717, 1.165) is 32.0 Å². The van der Waals surface area contributed by atoms with Crippen LogP contribution in [0.2, 0.25) is 5.15 Å². The number of amides is 2. The van der Waals surface area contributed by atoms with Gasteiger partial charge in [0.25, 0.3) is 0 Å². The van der Waals surface area contributed by atoms with Gasteiger partial charge in [0, 0.05) is 32.7 Å². The second-order valence-corrected chi connectivity index (χ2v) is 5.82. The van der Waals surface area contributed by atoms with Crippen LogP contribution in [-0.2, 0) is 9.59 Å². The predicted molar refractivity (Wildman–Crippen MR) is 81.6 cm³/mol. The number of aromatic nitrogens is 2. The zero-order valence-corrected chi connectivity index (χ0v) is 13.2. The summed E-state index contributed by atoms with van der Waals surface area (Å²) in [6, 6.07) is 3.26. The quantitative estimate of drug-likeness (QED) is 0.750. The zero-order valence-electron chi connectivity index (χ0n) is 12.4. The standard InChI is InChI=1S/C14H18ClN5O2/c1-2-20-13(21)9-10(14(20)22)18-5-7-19(8-6-18)12-4-3-11(15)16-17-12/h3-4,10H,2,5-9H2,1H3. The monoisotopic (exact) mass is 323 g/mol. The number of carbonyl (C=O) groups excluding carboxylic acids is 2. The lowest BCUT2D eigenvalue weighted by Gasteiger charge is -2.37. The molecule has 0 aliphatic carbocycles. The summed E-state index contributed by atoms with van der Waals surface area (Å²) in [5, 5.41) is 8.29. The summed E-state index contributed by atoms with van der Waals surface area (Å²) in [7, 11) is 0. The molecule has 2 saturated heterocycles. The van der Waals surface area contributed by atoms with E-state index in [4.69, 9.17) is 11.6 Å². The fourth-order valence-electron chi connectivity index (χ4n) is 3.02. The molecule has 1 aromatic heterocycles. The first-order valence-corrected chi connectivity index (χ1v) is 7.80. The van der Waals surface area contributed by atoms with E-state index >= 15 is 0 Å². The lowest BCUT2D eigenvalue weighted by atomic mass is 10.1. The van der Waals surface area contributed by atoms with Crippen LogP contribution in [0.25, 0.3) is 0 Å². The molecule has 2 amide bonds. The molecule has 3 heterocycles. The molecule has 7 nitrogen and oxygen atoms in total. The number of likely N-dealkylation sites (tertiary alicyclic amines) is 1. The summed E-state index contributed by atoms with van der Waals surface area (Å²) >= 11 is 5.74. The van der Waals surface area contributed by atoms with Gasteiger partial charge < -0.3 is 4.90 Å². The zero-order chi connectivity index (χ0) is 15.7. The molecule has 2 fully saturated rings. The first kappa shape index (κ1) is 15.2. The highest BCUT2D eigenvalue weighted by atomic mass is 35.5. The number of halogens is 1. The van der Waals surface area contributed by atoms with Gasteiger partial charge in [0.2, 0.25) is 11.8 Å². The van der Waals surface area contributed by atoms with Crippen LogP contribution in [0.5, 0.6) is 0 Å². The summed E-state index contributed by atoms with van der Waals surface area (Å²) in [5.74, 6) is 0.656. The Labute approximate surface area is 133 Å². The van der Waals surface area contributed by atoms with Gasteiger partial charge in [-0.25, -0.2) is 0 Å². The van der Waals surface area contributed by atoms with Crippen molar-refractivity contribution in [3.63, 3.8) is 0 Å². The molecule has 3 rings (SSSR count). The molecule has 0 N–H and O–H groups in total. The maximum Gasteiger partial charge on any atom is 0.247 e. The molecule has 0 radical (unpaired) electrons. The van der Waals surface area contributed by atoms with Crippen molar-refractivity contribution in [2.45, 2.75) is 19.4 Å². The summed E-state index contributed by atoms with van der Waals surface area (Å²) < 4.78 is 0. The van der Waals surface area contributed by atoms with Crippen LogP contribution in [0.3, 0.4) is 0 Å². The third kappa shape index (κ3) is 2.78. The molecule has 0 aromatic carbocycles. The molecule has 0 bridgehead atoms. The second-order valence-electron chi connectivity index (χ2n) is 5.43. The maximum absolute atomic E-state index is 12.2. The average Bonchev–Trinajstić information content (AvgIpc) is 2.82. The van der Waals surface area contributed by atoms with Gasteiger partial charge in [-0.15, -0.1) is 10.2 Å². The molecule has 0 spiro atoms. The van der Waals surface area contributed by atoms with Gasteiger partial charge in [0.1, 0.15) is 0 Å². The fourth-order valence-corrected chi connectivity index (χ4v) is 3.12. The van der Waals surface area contributed by atoms with Crippen LogP contribution in [0, 0.1) is 0 Å². The Kier molecular flexibility index (Phi) is 4.26. The lowest BCUT2D eigenvalue weighted by molar-refractivity contribution is -0.139. The Morgan fingerprint density at radius 3 is 2.45 bits per heavy atom. The first-order chi connectivity index (χ1) is 10.6. The van der Waals surface area contributed by atoms with Crippen molar-refractivity contribution >= 4 is 29.2 Å². The fraction of sp³-hybridized carbons (Fsp3) is 0.571. The van der Waals surface area contributed by atoms with E-state index in [9.17, 15) is 9.59 Å². The Bertz CT molecular complexity index is 571. The molecule has 1 unspecified atom stereocenters. The molecule has 2 aliphatic heterocycles. The van der Waals surface area contributed by atoms with E-state index in [1.165, 1.54) is 4.90 Å². The number of nitrogens with zero attached hydrogens (tertiary/aromatic N) is 5. The highest BCUT2D eigenvalue weighted by Crippen LogP contribution is 2.21. The molecule has 118 valence electrons. The van der Waals surface area contributed by atoms with Crippen molar-refractivity contribution in [2.24, 2.45) is 0 Å². The van der Waals surface area contributed by atoms with Crippen LogP contribution in [0.15, 0.2) is 12.1 Å². The van der Waals surface area contributed by atoms with Gasteiger partial charge in [-0.05, 0) is 19.1 Å². The lowest BCUT2D eigenvalue weighted by Crippen LogP contribution is -2.52. The van der Waals surface area contributed by atoms with E-state index in [1.54, 1.807) is 6.07 Å². The predicted octanol–water partition coefficient (Wildman–Crippen LogP) is 0.399. The van der Waals surface area contributed by atoms with Gasteiger partial charge in [-0.3, -0.25) is 19.4 Å². The van der Waals surface area contributed by atoms with Gasteiger partial charge in [0.05, 0.1) is 12.5 Å². The number of imide groups is 1. The first-order valence-electron chi connectivity index (χ1n) is 7.42. The second kappa shape index (κ2) is 6.18. The highest BCUT2D eigenvalue weighted by Gasteiger charge is 2.41. The minimum Gasteiger partial charge on any atom is -0.353 e. The van der Waals surface area contributed by atoms with Crippen molar-refractivity contribution in [3.8, 4) is 0 Å². The van der Waals surface area contributed by atoms with Crippen molar-refractivity contribution in [1.82, 2.24) is 20.0 Å². The number of anilines is 1. The Balaban J connectivity index is 1.61. The molecular weight excluding hydrogens is 306 g/mol. The van der Waals surface area contributed by atoms with E-state index in [1.807, 2.05) is 13.0 Å². The minimum absolute atomic E-state index is 0.0627. The topological polar surface area (TPSA) is 69.6 Å². The Morgan fingerprint density at radius 1 is 1.18 bits per heavy atom. The van der Waals surface area contributed by atoms with Crippen molar-refractivity contribution in [2.75, 3.05) is 37.6 Å². The Morgan fingerprint density at radius 2 is 1.91 bits per heavy atom. The molecule has 0 saturated carbocycles. The van der Waals surface area contributed by atoms with Gasteiger partial charge >= 0.3 is 0 Å². The van der Waals surface area contributed by atoms with Crippen LogP contribution in [0.1, 0.15) is 13.3 Å². The number of rotatable bonds is 3. The van der Waals surface area contributed by atoms with Crippen LogP contribution < -0.4 is 4.90 Å². The Hall–Kier alpha value is -1.73. The van der Waals surface area contributed by atoms with E-state index < -0.39 is 0 Å². The third-order valence-electron chi connectivity index (χ3n) is 4.23. The van der Waals surface area contributed by atoms with Crippen molar-refractivity contribution in [3.05, 3.63) is 17.3 Å². The summed E-state index contributed by atoms with van der Waals surface area (Å²) in [5.41, 5.74) is 0. The van der Waals surface area contributed by atoms with Gasteiger partial charge in [-0.1, -0.05) is 11.6 Å².